The Morgan fingerprint density at radius 1 is 1.43 bits per heavy atom. The van der Waals surface area contributed by atoms with Gasteiger partial charge in [0.1, 0.15) is 0 Å². The topological polar surface area (TPSA) is 0 Å². The van der Waals surface area contributed by atoms with Crippen molar-refractivity contribution in [2.24, 2.45) is 5.92 Å². The van der Waals surface area contributed by atoms with Crippen LogP contribution in [0.25, 0.3) is 0 Å². The summed E-state index contributed by atoms with van der Waals surface area (Å²) < 4.78 is 0. The van der Waals surface area contributed by atoms with Gasteiger partial charge in [-0.25, -0.2) is 0 Å². The molecule has 0 aliphatic rings. The van der Waals surface area contributed by atoms with Crippen LogP contribution in [0.1, 0.15) is 13.3 Å². The fourth-order valence-corrected chi connectivity index (χ4v) is 0.866. The molecule has 0 bridgehead atoms. The van der Waals surface area contributed by atoms with Crippen LogP contribution in [0, 0.1) is 5.92 Å². The molecule has 0 saturated carbocycles. The van der Waals surface area contributed by atoms with Gasteiger partial charge in [0.2, 0.25) is 0 Å². The zero-order chi connectivity index (χ0) is 5.70. The quantitative estimate of drug-likeness (QED) is 0.539. The van der Waals surface area contributed by atoms with Crippen molar-refractivity contribution < 1.29 is 0 Å². The van der Waals surface area contributed by atoms with E-state index >= 15 is 0 Å². The van der Waals surface area contributed by atoms with Crippen LogP contribution in [0.5, 0.6) is 0 Å². The normalized spacial score (nSPS) is 8.86. The van der Waals surface area contributed by atoms with Crippen molar-refractivity contribution in [3.8, 4) is 0 Å². The van der Waals surface area contributed by atoms with Crippen LogP contribution in [-0.4, -0.2) is 10.7 Å². The van der Waals surface area contributed by atoms with Gasteiger partial charge in [-0.3, -0.25) is 0 Å². The number of hydrogen-bond donors (Lipinski definition) is 0. The zero-order valence-corrected chi connectivity index (χ0v) is 5.89. The van der Waals surface area contributed by atoms with E-state index in [9.17, 15) is 0 Å². The summed E-state index contributed by atoms with van der Waals surface area (Å²) in [5.41, 5.74) is 0. The fourth-order valence-electron chi connectivity index (χ4n) is 0.225. The van der Waals surface area contributed by atoms with Gasteiger partial charge >= 0.3 is 0 Å². The largest absolute Gasteiger partial charge is 0.0928 e. The molecule has 0 atom stereocenters. The molecule has 0 N–H and O–H groups in total. The molecule has 0 heterocycles. The molecule has 0 spiro atoms. The summed E-state index contributed by atoms with van der Waals surface area (Å²) in [5, 5.41) is 3.40. The second-order valence-corrected chi connectivity index (χ2v) is 1.89. The summed E-state index contributed by atoms with van der Waals surface area (Å²) in [6.45, 7) is 2.07. The molecular formula is C5H8S2. The smallest absolute Gasteiger partial charge is 0.0153 e. The molecular weight excluding hydrogens is 124 g/mol. The van der Waals surface area contributed by atoms with Gasteiger partial charge in [0.15, 0.2) is 0 Å². The maximum Gasteiger partial charge on any atom is 0.0153 e. The Hall–Kier alpha value is 0.180. The standard InChI is InChI=1S/C5H8S2/c1-2-5(3-6)4-7/h3-5H,2H2,1H3. The molecule has 0 aromatic carbocycles. The Balaban J connectivity index is 3.36. The first-order valence-electron chi connectivity index (χ1n) is 2.25. The summed E-state index contributed by atoms with van der Waals surface area (Å²) in [6, 6.07) is 0. The van der Waals surface area contributed by atoms with Gasteiger partial charge in [-0.05, 0) is 17.2 Å². The molecule has 0 aliphatic carbocycles. The van der Waals surface area contributed by atoms with Gasteiger partial charge in [0.25, 0.3) is 0 Å². The lowest BCUT2D eigenvalue weighted by Crippen LogP contribution is -1.96. The van der Waals surface area contributed by atoms with Crippen molar-refractivity contribution in [2.75, 3.05) is 0 Å². The third-order valence-corrected chi connectivity index (χ3v) is 1.52. The lowest BCUT2D eigenvalue weighted by molar-refractivity contribution is 0.907. The third kappa shape index (κ3) is 2.83. The van der Waals surface area contributed by atoms with E-state index in [-0.39, 0.29) is 0 Å². The molecule has 0 aromatic rings. The Kier molecular flexibility index (Phi) is 4.45. The maximum absolute atomic E-state index is 4.65. The van der Waals surface area contributed by atoms with E-state index in [0.717, 1.165) is 6.42 Å². The van der Waals surface area contributed by atoms with Gasteiger partial charge < -0.3 is 0 Å². The van der Waals surface area contributed by atoms with E-state index in [4.69, 9.17) is 0 Å². The molecule has 0 radical (unpaired) electrons. The van der Waals surface area contributed by atoms with E-state index in [0.29, 0.717) is 5.92 Å². The molecule has 0 aromatic heterocycles. The molecule has 0 aliphatic heterocycles. The van der Waals surface area contributed by atoms with Crippen LogP contribution < -0.4 is 0 Å². The molecule has 40 valence electrons. The summed E-state index contributed by atoms with van der Waals surface area (Å²) in [5.74, 6) is 0.366. The van der Waals surface area contributed by atoms with E-state index < -0.39 is 0 Å². The molecule has 2 heteroatoms. The predicted octanol–water partition coefficient (Wildman–Crippen LogP) is 2.01. The van der Waals surface area contributed by atoms with Crippen LogP contribution in [0.2, 0.25) is 0 Å². The molecule has 0 amide bonds. The highest BCUT2D eigenvalue weighted by Crippen LogP contribution is 1.93. The van der Waals surface area contributed by atoms with Gasteiger partial charge in [-0.15, -0.1) is 0 Å². The van der Waals surface area contributed by atoms with Crippen LogP contribution in [0.15, 0.2) is 0 Å². The first-order chi connectivity index (χ1) is 3.35. The monoisotopic (exact) mass is 132 g/mol. The minimum absolute atomic E-state index is 0.366. The Morgan fingerprint density at radius 3 is 1.86 bits per heavy atom. The average Bonchev–Trinajstić information content (AvgIpc) is 1.72. The van der Waals surface area contributed by atoms with Gasteiger partial charge in [-0.1, -0.05) is 31.4 Å². The van der Waals surface area contributed by atoms with Crippen LogP contribution >= 0.6 is 24.4 Å². The molecule has 7 heavy (non-hydrogen) atoms. The third-order valence-electron chi connectivity index (χ3n) is 0.821. The van der Waals surface area contributed by atoms with Crippen LogP contribution in [0.3, 0.4) is 0 Å². The highest BCUT2D eigenvalue weighted by molar-refractivity contribution is 7.80. The van der Waals surface area contributed by atoms with Crippen LogP contribution in [0.4, 0.5) is 0 Å². The van der Waals surface area contributed by atoms with Crippen molar-refractivity contribution in [1.82, 2.24) is 0 Å². The number of thiocarbonyl (C=S) groups is 2. The van der Waals surface area contributed by atoms with Crippen molar-refractivity contribution >= 4 is 35.2 Å². The minimum atomic E-state index is 0.366. The van der Waals surface area contributed by atoms with E-state index in [2.05, 4.69) is 31.4 Å². The van der Waals surface area contributed by atoms with Crippen LogP contribution in [-0.2, 0) is 0 Å². The van der Waals surface area contributed by atoms with Crippen molar-refractivity contribution in [1.29, 1.82) is 0 Å². The minimum Gasteiger partial charge on any atom is -0.0928 e. The molecule has 0 unspecified atom stereocenters. The predicted molar refractivity (Wildman–Crippen MR) is 41.1 cm³/mol. The SMILES string of the molecule is CCC(C=S)C=S. The van der Waals surface area contributed by atoms with Crippen molar-refractivity contribution in [3.63, 3.8) is 0 Å². The molecule has 0 rings (SSSR count). The van der Waals surface area contributed by atoms with Crippen molar-refractivity contribution in [2.45, 2.75) is 13.3 Å². The molecule has 0 saturated heterocycles. The number of rotatable bonds is 3. The summed E-state index contributed by atoms with van der Waals surface area (Å²) in [4.78, 5) is 0. The van der Waals surface area contributed by atoms with Gasteiger partial charge in [0, 0.05) is 5.92 Å². The molecule has 0 fully saturated rings. The van der Waals surface area contributed by atoms with E-state index in [1.54, 1.807) is 10.7 Å². The molecule has 0 nitrogen and oxygen atoms in total. The fraction of sp³-hybridized carbons (Fsp3) is 0.600. The summed E-state index contributed by atoms with van der Waals surface area (Å²) in [7, 11) is 0. The lowest BCUT2D eigenvalue weighted by Gasteiger charge is -1.93. The summed E-state index contributed by atoms with van der Waals surface area (Å²) >= 11 is 9.30. The maximum atomic E-state index is 4.65. The first kappa shape index (κ1) is 7.18. The highest BCUT2D eigenvalue weighted by Gasteiger charge is 1.91. The highest BCUT2D eigenvalue weighted by atomic mass is 32.1. The lowest BCUT2D eigenvalue weighted by atomic mass is 10.2. The van der Waals surface area contributed by atoms with E-state index in [1.165, 1.54) is 0 Å². The Labute approximate surface area is 54.9 Å². The zero-order valence-electron chi connectivity index (χ0n) is 4.26. The van der Waals surface area contributed by atoms with E-state index in [1.807, 2.05) is 0 Å². The van der Waals surface area contributed by atoms with Gasteiger partial charge in [0.05, 0.1) is 0 Å². The second kappa shape index (κ2) is 4.34. The average molecular weight is 132 g/mol. The second-order valence-electron chi connectivity index (χ2n) is 1.34. The Morgan fingerprint density at radius 2 is 1.86 bits per heavy atom. The van der Waals surface area contributed by atoms with Crippen molar-refractivity contribution in [3.05, 3.63) is 0 Å². The number of hydrogen-bond acceptors (Lipinski definition) is 2. The Bertz CT molecular complexity index is 60.5. The summed E-state index contributed by atoms with van der Waals surface area (Å²) in [6.07, 6.45) is 1.03. The first-order valence-corrected chi connectivity index (χ1v) is 3.20. The van der Waals surface area contributed by atoms with Gasteiger partial charge in [-0.2, -0.15) is 0 Å².